The third-order valence-corrected chi connectivity index (χ3v) is 4.48. The maximum atomic E-state index is 12.0. The van der Waals surface area contributed by atoms with Gasteiger partial charge >= 0.3 is 0 Å². The Morgan fingerprint density at radius 3 is 2.25 bits per heavy atom. The molecule has 0 aromatic heterocycles. The maximum absolute atomic E-state index is 12.0. The number of rotatable bonds is 8. The molecule has 20 heavy (non-hydrogen) atoms. The van der Waals surface area contributed by atoms with E-state index >= 15 is 0 Å². The fraction of sp³-hybridized carbons (Fsp3) is 0.571. The molecule has 0 aliphatic rings. The van der Waals surface area contributed by atoms with Gasteiger partial charge in [-0.3, -0.25) is 0 Å². The summed E-state index contributed by atoms with van der Waals surface area (Å²) in [5.41, 5.74) is 6.39. The lowest BCUT2D eigenvalue weighted by atomic mass is 10.1. The molecule has 0 heterocycles. The number of hydrogen-bond donors (Lipinski definition) is 3. The van der Waals surface area contributed by atoms with Crippen LogP contribution in [-0.2, 0) is 10.0 Å². The van der Waals surface area contributed by atoms with E-state index in [9.17, 15) is 8.42 Å². The van der Waals surface area contributed by atoms with Crippen LogP contribution in [0.15, 0.2) is 29.2 Å². The summed E-state index contributed by atoms with van der Waals surface area (Å²) in [4.78, 5) is 0.284. The predicted molar refractivity (Wildman–Crippen MR) is 83.3 cm³/mol. The molecule has 114 valence electrons. The SMILES string of the molecule is CC(C)NS(=O)(=O)c1ccc(NC(C)CCCN)cc1. The molecule has 1 rings (SSSR count). The van der Waals surface area contributed by atoms with Gasteiger partial charge in [-0.1, -0.05) is 0 Å². The second kappa shape index (κ2) is 7.61. The molecule has 0 aliphatic heterocycles. The van der Waals surface area contributed by atoms with Crippen LogP contribution in [0.4, 0.5) is 5.69 Å². The number of benzene rings is 1. The van der Waals surface area contributed by atoms with E-state index in [0.717, 1.165) is 18.5 Å². The molecule has 0 radical (unpaired) electrons. The molecule has 1 atom stereocenters. The zero-order valence-electron chi connectivity index (χ0n) is 12.4. The maximum Gasteiger partial charge on any atom is 0.240 e. The largest absolute Gasteiger partial charge is 0.383 e. The molecule has 0 spiro atoms. The standard InChI is InChI=1S/C14H25N3O2S/c1-11(2)17-20(18,19)14-8-6-13(7-9-14)16-12(3)5-4-10-15/h6-9,11-12,16-17H,4-5,10,15H2,1-3H3. The van der Waals surface area contributed by atoms with Gasteiger partial charge in [0.1, 0.15) is 0 Å². The Labute approximate surface area is 122 Å². The van der Waals surface area contributed by atoms with Crippen LogP contribution in [-0.4, -0.2) is 27.0 Å². The van der Waals surface area contributed by atoms with Crippen LogP contribution < -0.4 is 15.8 Å². The lowest BCUT2D eigenvalue weighted by Gasteiger charge is -2.15. The minimum atomic E-state index is -3.41. The zero-order chi connectivity index (χ0) is 15.2. The first-order chi connectivity index (χ1) is 9.35. The lowest BCUT2D eigenvalue weighted by Crippen LogP contribution is -2.30. The van der Waals surface area contributed by atoms with E-state index in [2.05, 4.69) is 17.0 Å². The second-order valence-electron chi connectivity index (χ2n) is 5.28. The normalized spacial score (nSPS) is 13.4. The number of nitrogens with two attached hydrogens (primary N) is 1. The van der Waals surface area contributed by atoms with Crippen molar-refractivity contribution in [3.8, 4) is 0 Å². The van der Waals surface area contributed by atoms with Crippen LogP contribution in [0.5, 0.6) is 0 Å². The quantitative estimate of drug-likeness (QED) is 0.684. The summed E-state index contributed by atoms with van der Waals surface area (Å²) < 4.78 is 26.5. The Hall–Kier alpha value is -1.11. The Kier molecular flexibility index (Phi) is 6.45. The fourth-order valence-corrected chi connectivity index (χ4v) is 3.14. The van der Waals surface area contributed by atoms with E-state index in [1.807, 2.05) is 0 Å². The number of hydrogen-bond acceptors (Lipinski definition) is 4. The van der Waals surface area contributed by atoms with Crippen LogP contribution in [0.3, 0.4) is 0 Å². The van der Waals surface area contributed by atoms with Crippen molar-refractivity contribution in [3.05, 3.63) is 24.3 Å². The van der Waals surface area contributed by atoms with E-state index in [1.54, 1.807) is 38.1 Å². The smallest absolute Gasteiger partial charge is 0.240 e. The van der Waals surface area contributed by atoms with Crippen LogP contribution in [0.25, 0.3) is 0 Å². The molecule has 6 heteroatoms. The van der Waals surface area contributed by atoms with Gasteiger partial charge < -0.3 is 11.1 Å². The van der Waals surface area contributed by atoms with Crippen molar-refractivity contribution in [3.63, 3.8) is 0 Å². The highest BCUT2D eigenvalue weighted by Crippen LogP contribution is 2.16. The third-order valence-electron chi connectivity index (χ3n) is 2.81. The Bertz CT molecular complexity index is 498. The predicted octanol–water partition coefficient (Wildman–Crippen LogP) is 1.91. The van der Waals surface area contributed by atoms with Gasteiger partial charge in [0, 0.05) is 17.8 Å². The Morgan fingerprint density at radius 1 is 1.15 bits per heavy atom. The average molecular weight is 299 g/mol. The highest BCUT2D eigenvalue weighted by atomic mass is 32.2. The van der Waals surface area contributed by atoms with Crippen LogP contribution in [0.1, 0.15) is 33.6 Å². The minimum Gasteiger partial charge on any atom is -0.383 e. The third kappa shape index (κ3) is 5.48. The van der Waals surface area contributed by atoms with Gasteiger partial charge in [0.25, 0.3) is 0 Å². The summed E-state index contributed by atoms with van der Waals surface area (Å²) >= 11 is 0. The van der Waals surface area contributed by atoms with Crippen molar-refractivity contribution < 1.29 is 8.42 Å². The molecule has 1 aromatic carbocycles. The topological polar surface area (TPSA) is 84.2 Å². The van der Waals surface area contributed by atoms with Gasteiger partial charge in [0.2, 0.25) is 10.0 Å². The zero-order valence-corrected chi connectivity index (χ0v) is 13.2. The number of anilines is 1. The average Bonchev–Trinajstić information content (AvgIpc) is 2.35. The number of sulfonamides is 1. The fourth-order valence-electron chi connectivity index (χ4n) is 1.89. The van der Waals surface area contributed by atoms with Crippen LogP contribution in [0.2, 0.25) is 0 Å². The molecule has 1 aromatic rings. The summed E-state index contributed by atoms with van der Waals surface area (Å²) in [7, 11) is -3.41. The van der Waals surface area contributed by atoms with Gasteiger partial charge in [0.05, 0.1) is 4.90 Å². The van der Waals surface area contributed by atoms with Crippen LogP contribution in [0, 0.1) is 0 Å². The van der Waals surface area contributed by atoms with Gasteiger partial charge in [-0.25, -0.2) is 13.1 Å². The van der Waals surface area contributed by atoms with E-state index in [4.69, 9.17) is 5.73 Å². The van der Waals surface area contributed by atoms with Crippen molar-refractivity contribution in [2.75, 3.05) is 11.9 Å². The summed E-state index contributed by atoms with van der Waals surface area (Å²) in [5, 5.41) is 3.33. The van der Waals surface area contributed by atoms with Crippen molar-refractivity contribution in [2.45, 2.75) is 50.6 Å². The van der Waals surface area contributed by atoms with E-state index in [1.165, 1.54) is 0 Å². The molecule has 0 aliphatic carbocycles. The second-order valence-corrected chi connectivity index (χ2v) is 6.99. The van der Waals surface area contributed by atoms with E-state index in [0.29, 0.717) is 12.6 Å². The molecular formula is C14H25N3O2S. The summed E-state index contributed by atoms with van der Waals surface area (Å²) in [5.74, 6) is 0. The molecule has 0 saturated carbocycles. The molecule has 0 fully saturated rings. The van der Waals surface area contributed by atoms with Crippen molar-refractivity contribution in [1.29, 1.82) is 0 Å². The molecule has 0 saturated heterocycles. The molecule has 0 amide bonds. The molecule has 1 unspecified atom stereocenters. The van der Waals surface area contributed by atoms with E-state index < -0.39 is 10.0 Å². The Balaban J connectivity index is 2.69. The van der Waals surface area contributed by atoms with Crippen molar-refractivity contribution in [1.82, 2.24) is 4.72 Å². The van der Waals surface area contributed by atoms with Crippen LogP contribution >= 0.6 is 0 Å². The first-order valence-electron chi connectivity index (χ1n) is 6.94. The van der Waals surface area contributed by atoms with Gasteiger partial charge in [-0.05, 0) is 64.4 Å². The van der Waals surface area contributed by atoms with Crippen molar-refractivity contribution in [2.24, 2.45) is 5.73 Å². The van der Waals surface area contributed by atoms with Gasteiger partial charge in [0.15, 0.2) is 0 Å². The van der Waals surface area contributed by atoms with E-state index in [-0.39, 0.29) is 10.9 Å². The highest BCUT2D eigenvalue weighted by molar-refractivity contribution is 7.89. The summed E-state index contributed by atoms with van der Waals surface area (Å²) in [6.45, 7) is 6.36. The summed E-state index contributed by atoms with van der Waals surface area (Å²) in [6.07, 6.45) is 1.96. The highest BCUT2D eigenvalue weighted by Gasteiger charge is 2.14. The Morgan fingerprint density at radius 2 is 1.75 bits per heavy atom. The first-order valence-corrected chi connectivity index (χ1v) is 8.42. The monoisotopic (exact) mass is 299 g/mol. The molecule has 4 N–H and O–H groups in total. The van der Waals surface area contributed by atoms with Gasteiger partial charge in [-0.15, -0.1) is 0 Å². The molecular weight excluding hydrogens is 274 g/mol. The van der Waals surface area contributed by atoms with Gasteiger partial charge in [-0.2, -0.15) is 0 Å². The first kappa shape index (κ1) is 16.9. The molecule has 5 nitrogen and oxygen atoms in total. The van der Waals surface area contributed by atoms with Crippen molar-refractivity contribution >= 4 is 15.7 Å². The number of nitrogens with one attached hydrogen (secondary N) is 2. The molecule has 0 bridgehead atoms. The lowest BCUT2D eigenvalue weighted by molar-refractivity contribution is 0.570. The minimum absolute atomic E-state index is 0.117. The summed E-state index contributed by atoms with van der Waals surface area (Å²) in [6, 6.07) is 7.00.